The summed E-state index contributed by atoms with van der Waals surface area (Å²) in [6, 6.07) is 8.78. The van der Waals surface area contributed by atoms with Crippen LogP contribution in [0.1, 0.15) is 18.9 Å². The minimum absolute atomic E-state index is 0.0536. The largest absolute Gasteiger partial charge is 0.453 e. The van der Waals surface area contributed by atoms with E-state index in [1.165, 1.54) is 6.08 Å². The molecule has 0 heterocycles. The van der Waals surface area contributed by atoms with Gasteiger partial charge >= 0.3 is 11.7 Å². The fraction of sp³-hybridized carbons (Fsp3) is 0.214. The average Bonchev–Trinajstić information content (AvgIpc) is 2.42. The number of rotatable bonds is 6. The molecule has 0 saturated heterocycles. The van der Waals surface area contributed by atoms with Crippen molar-refractivity contribution in [3.8, 4) is 0 Å². The molecule has 0 saturated carbocycles. The first-order valence-corrected chi connectivity index (χ1v) is 5.82. The van der Waals surface area contributed by atoms with Crippen molar-refractivity contribution in [2.75, 3.05) is 6.61 Å². The zero-order valence-corrected chi connectivity index (χ0v) is 10.7. The highest BCUT2D eigenvalue weighted by Gasteiger charge is 2.28. The van der Waals surface area contributed by atoms with Crippen LogP contribution in [0.5, 0.6) is 0 Å². The fourth-order valence-electron chi connectivity index (χ4n) is 1.66. The first-order valence-electron chi connectivity index (χ1n) is 5.82. The van der Waals surface area contributed by atoms with E-state index in [-0.39, 0.29) is 6.61 Å². The van der Waals surface area contributed by atoms with Crippen LogP contribution in [0.15, 0.2) is 48.7 Å². The van der Waals surface area contributed by atoms with E-state index in [2.05, 4.69) is 6.58 Å². The Balaban J connectivity index is 3.25. The monoisotopic (exact) mass is 261 g/mol. The van der Waals surface area contributed by atoms with Gasteiger partial charge in [-0.05, 0) is 12.0 Å². The van der Waals surface area contributed by atoms with Crippen molar-refractivity contribution in [1.29, 1.82) is 0 Å². The average molecular weight is 261 g/mol. The number of benzene rings is 1. The second-order valence-electron chi connectivity index (χ2n) is 3.69. The fourth-order valence-corrected chi connectivity index (χ4v) is 1.66. The van der Waals surface area contributed by atoms with Crippen LogP contribution in [0.3, 0.4) is 0 Å². The summed E-state index contributed by atoms with van der Waals surface area (Å²) in [7, 11) is 0. The summed E-state index contributed by atoms with van der Waals surface area (Å²) in [4.78, 5) is 22.1. The second-order valence-corrected chi connectivity index (χ2v) is 3.69. The quantitative estimate of drug-likeness (QED) is 0.259. The first kappa shape index (κ1) is 14.6. The third-order valence-electron chi connectivity index (χ3n) is 2.47. The maximum Gasteiger partial charge on any atom is 0.410 e. The van der Waals surface area contributed by atoms with Gasteiger partial charge in [0.05, 0.1) is 4.92 Å². The summed E-state index contributed by atoms with van der Waals surface area (Å²) in [5.74, 6) is -0.939. The first-order chi connectivity index (χ1) is 9.11. The Labute approximate surface area is 111 Å². The van der Waals surface area contributed by atoms with Crippen molar-refractivity contribution in [2.24, 2.45) is 0 Å². The van der Waals surface area contributed by atoms with Crippen LogP contribution in [0.4, 0.5) is 0 Å². The minimum atomic E-state index is -0.939. The maximum atomic E-state index is 11.7. The standard InChI is InChI=1S/C14H15NO4/c1-3-10-19-14(16)13(15(17)18)12(4-2)11-8-6-5-7-9-11/h3,5-9H,1,4,10H2,2H3/b13-12+. The number of carbonyl (C=O) groups excluding carboxylic acids is 1. The van der Waals surface area contributed by atoms with Gasteiger partial charge in [-0.2, -0.15) is 0 Å². The summed E-state index contributed by atoms with van der Waals surface area (Å²) in [5, 5.41) is 11.1. The predicted octanol–water partition coefficient (Wildman–Crippen LogP) is 2.81. The number of carbonyl (C=O) groups is 1. The molecule has 1 aromatic carbocycles. The Morgan fingerprint density at radius 2 is 2.05 bits per heavy atom. The van der Waals surface area contributed by atoms with E-state index < -0.39 is 16.6 Å². The normalized spacial score (nSPS) is 11.4. The Morgan fingerprint density at radius 1 is 1.42 bits per heavy atom. The van der Waals surface area contributed by atoms with E-state index in [9.17, 15) is 14.9 Å². The highest BCUT2D eigenvalue weighted by Crippen LogP contribution is 2.23. The van der Waals surface area contributed by atoms with Gasteiger partial charge in [0, 0.05) is 5.57 Å². The van der Waals surface area contributed by atoms with Crippen molar-refractivity contribution in [3.05, 3.63) is 64.4 Å². The summed E-state index contributed by atoms with van der Waals surface area (Å²) >= 11 is 0. The number of esters is 1. The smallest absolute Gasteiger partial charge is 0.410 e. The highest BCUT2D eigenvalue weighted by molar-refractivity contribution is 5.95. The lowest BCUT2D eigenvalue weighted by Crippen LogP contribution is -2.17. The van der Waals surface area contributed by atoms with Crippen LogP contribution in [-0.2, 0) is 9.53 Å². The van der Waals surface area contributed by atoms with E-state index in [0.717, 1.165) is 0 Å². The Morgan fingerprint density at radius 3 is 2.53 bits per heavy atom. The number of ether oxygens (including phenoxy) is 1. The Hall–Kier alpha value is -2.43. The van der Waals surface area contributed by atoms with E-state index in [4.69, 9.17) is 4.74 Å². The molecule has 0 aromatic heterocycles. The lowest BCUT2D eigenvalue weighted by Gasteiger charge is -2.07. The molecular weight excluding hydrogens is 246 g/mol. The van der Waals surface area contributed by atoms with Crippen LogP contribution in [0, 0.1) is 10.1 Å². The Kier molecular flexibility index (Phi) is 5.47. The lowest BCUT2D eigenvalue weighted by molar-refractivity contribution is -0.420. The van der Waals surface area contributed by atoms with E-state index >= 15 is 0 Å². The molecule has 1 aromatic rings. The van der Waals surface area contributed by atoms with Gasteiger partial charge in [-0.25, -0.2) is 4.79 Å². The van der Waals surface area contributed by atoms with Crippen LogP contribution in [-0.4, -0.2) is 17.5 Å². The lowest BCUT2D eigenvalue weighted by atomic mass is 10.0. The molecular formula is C14H15NO4. The van der Waals surface area contributed by atoms with Gasteiger partial charge < -0.3 is 4.74 Å². The molecule has 5 nitrogen and oxygen atoms in total. The molecule has 0 amide bonds. The zero-order chi connectivity index (χ0) is 14.3. The van der Waals surface area contributed by atoms with Gasteiger partial charge in [-0.1, -0.05) is 49.9 Å². The van der Waals surface area contributed by atoms with Crippen molar-refractivity contribution in [3.63, 3.8) is 0 Å². The van der Waals surface area contributed by atoms with Crippen LogP contribution >= 0.6 is 0 Å². The van der Waals surface area contributed by atoms with Gasteiger partial charge in [0.25, 0.3) is 0 Å². The molecule has 0 N–H and O–H groups in total. The number of hydrogen-bond acceptors (Lipinski definition) is 4. The molecule has 0 aliphatic rings. The third-order valence-corrected chi connectivity index (χ3v) is 2.47. The summed E-state index contributed by atoms with van der Waals surface area (Å²) in [6.07, 6.45) is 1.73. The van der Waals surface area contributed by atoms with E-state index in [1.807, 2.05) is 0 Å². The van der Waals surface area contributed by atoms with E-state index in [0.29, 0.717) is 17.6 Å². The van der Waals surface area contributed by atoms with Gasteiger partial charge in [-0.3, -0.25) is 10.1 Å². The predicted molar refractivity (Wildman–Crippen MR) is 71.8 cm³/mol. The Bertz CT molecular complexity index is 505. The molecule has 100 valence electrons. The van der Waals surface area contributed by atoms with Gasteiger partial charge in [0.15, 0.2) is 0 Å². The molecule has 0 atom stereocenters. The zero-order valence-electron chi connectivity index (χ0n) is 10.7. The molecule has 0 unspecified atom stereocenters. The topological polar surface area (TPSA) is 69.4 Å². The second kappa shape index (κ2) is 7.10. The van der Waals surface area contributed by atoms with Crippen LogP contribution in [0.2, 0.25) is 0 Å². The molecule has 19 heavy (non-hydrogen) atoms. The van der Waals surface area contributed by atoms with Crippen molar-refractivity contribution in [2.45, 2.75) is 13.3 Å². The number of nitro groups is 1. The molecule has 0 spiro atoms. The molecule has 5 heteroatoms. The van der Waals surface area contributed by atoms with Gasteiger partial charge in [0.1, 0.15) is 6.61 Å². The molecule has 0 radical (unpaired) electrons. The number of nitrogens with zero attached hydrogens (tertiary/aromatic N) is 1. The molecule has 1 rings (SSSR count). The molecule has 0 bridgehead atoms. The molecule has 0 aliphatic carbocycles. The summed E-state index contributed by atoms with van der Waals surface area (Å²) in [5.41, 5.74) is 0.488. The third kappa shape index (κ3) is 3.77. The van der Waals surface area contributed by atoms with Gasteiger partial charge in [-0.15, -0.1) is 0 Å². The summed E-state index contributed by atoms with van der Waals surface area (Å²) in [6.45, 7) is 5.10. The summed E-state index contributed by atoms with van der Waals surface area (Å²) < 4.78 is 4.76. The highest BCUT2D eigenvalue weighted by atomic mass is 16.6. The number of hydrogen-bond donors (Lipinski definition) is 0. The minimum Gasteiger partial charge on any atom is -0.453 e. The van der Waals surface area contributed by atoms with Crippen molar-refractivity contribution in [1.82, 2.24) is 0 Å². The van der Waals surface area contributed by atoms with Crippen LogP contribution < -0.4 is 0 Å². The number of allylic oxidation sites excluding steroid dienone is 1. The SMILES string of the molecule is C=CCOC(=O)/C(=C(/CC)c1ccccc1)[N+](=O)[O-]. The van der Waals surface area contributed by atoms with Crippen molar-refractivity contribution >= 4 is 11.5 Å². The molecule has 0 aliphatic heterocycles. The molecule has 0 fully saturated rings. The van der Waals surface area contributed by atoms with Gasteiger partial charge in [0.2, 0.25) is 0 Å². The van der Waals surface area contributed by atoms with Crippen molar-refractivity contribution < 1.29 is 14.5 Å². The van der Waals surface area contributed by atoms with Crippen LogP contribution in [0.25, 0.3) is 5.57 Å². The van der Waals surface area contributed by atoms with E-state index in [1.54, 1.807) is 37.3 Å². The maximum absolute atomic E-state index is 11.7.